The van der Waals surface area contributed by atoms with Gasteiger partial charge in [-0.3, -0.25) is 5.32 Å². The molecule has 3 aromatic rings. The van der Waals surface area contributed by atoms with E-state index in [1.165, 1.54) is 0 Å². The SMILES string of the molecule is N#Cc1cccc(NC(=O)N[C@H]2CO[C@H]3[C@@H]2OC[C@H]3OC(=O)Nc2cccc3ccccc23)c1. The Bertz CT molecular complexity index is 1270. The molecule has 3 aromatic carbocycles. The minimum atomic E-state index is -0.597. The van der Waals surface area contributed by atoms with Gasteiger partial charge in [0.05, 0.1) is 36.6 Å². The van der Waals surface area contributed by atoms with Crippen molar-refractivity contribution < 1.29 is 23.8 Å². The summed E-state index contributed by atoms with van der Waals surface area (Å²) in [4.78, 5) is 25.0. The number of urea groups is 1. The number of nitriles is 1. The summed E-state index contributed by atoms with van der Waals surface area (Å²) in [6.07, 6.45) is -2.11. The number of nitrogens with zero attached hydrogens (tertiary/aromatic N) is 1. The van der Waals surface area contributed by atoms with E-state index >= 15 is 0 Å². The Kier molecular flexibility index (Phi) is 5.99. The van der Waals surface area contributed by atoms with E-state index in [0.717, 1.165) is 10.8 Å². The number of hydrogen-bond donors (Lipinski definition) is 3. The van der Waals surface area contributed by atoms with Crippen LogP contribution in [0.25, 0.3) is 10.8 Å². The summed E-state index contributed by atoms with van der Waals surface area (Å²) in [7, 11) is 0. The smallest absolute Gasteiger partial charge is 0.412 e. The maximum absolute atomic E-state index is 12.6. The monoisotopic (exact) mass is 458 g/mol. The molecule has 172 valence electrons. The highest BCUT2D eigenvalue weighted by molar-refractivity contribution is 6.00. The summed E-state index contributed by atoms with van der Waals surface area (Å²) >= 11 is 0. The predicted octanol–water partition coefficient (Wildman–Crippen LogP) is 3.62. The van der Waals surface area contributed by atoms with Gasteiger partial charge in [-0.25, -0.2) is 9.59 Å². The van der Waals surface area contributed by atoms with Crippen molar-refractivity contribution >= 4 is 34.3 Å². The van der Waals surface area contributed by atoms with E-state index in [0.29, 0.717) is 16.9 Å². The van der Waals surface area contributed by atoms with Crippen molar-refractivity contribution in [1.29, 1.82) is 5.26 Å². The highest BCUT2D eigenvalue weighted by Gasteiger charge is 2.50. The molecule has 0 unspecified atom stereocenters. The van der Waals surface area contributed by atoms with E-state index in [-0.39, 0.29) is 13.2 Å². The Labute approximate surface area is 195 Å². The average Bonchev–Trinajstić information content (AvgIpc) is 3.42. The molecular formula is C25H22N4O5. The van der Waals surface area contributed by atoms with E-state index in [1.807, 2.05) is 48.5 Å². The maximum Gasteiger partial charge on any atom is 0.412 e. The summed E-state index contributed by atoms with van der Waals surface area (Å²) in [6, 6.07) is 21.2. The van der Waals surface area contributed by atoms with E-state index in [9.17, 15) is 9.59 Å². The number of carbonyl (C=O) groups is 2. The first-order valence-corrected chi connectivity index (χ1v) is 10.9. The Morgan fingerprint density at radius 1 is 0.941 bits per heavy atom. The normalized spacial score (nSPS) is 23.0. The van der Waals surface area contributed by atoms with Gasteiger partial charge in [0.2, 0.25) is 0 Å². The first kappa shape index (κ1) is 21.7. The summed E-state index contributed by atoms with van der Waals surface area (Å²) < 4.78 is 17.2. The zero-order chi connectivity index (χ0) is 23.5. The lowest BCUT2D eigenvalue weighted by Gasteiger charge is -2.18. The minimum absolute atomic E-state index is 0.169. The van der Waals surface area contributed by atoms with Gasteiger partial charge in [0, 0.05) is 11.1 Å². The predicted molar refractivity (Wildman–Crippen MR) is 124 cm³/mol. The molecule has 9 heteroatoms. The Balaban J connectivity index is 1.16. The summed E-state index contributed by atoms with van der Waals surface area (Å²) in [5, 5.41) is 19.2. The van der Waals surface area contributed by atoms with Crippen molar-refractivity contribution in [3.8, 4) is 6.07 Å². The third kappa shape index (κ3) is 4.50. The molecule has 9 nitrogen and oxygen atoms in total. The van der Waals surface area contributed by atoms with Gasteiger partial charge < -0.3 is 24.8 Å². The van der Waals surface area contributed by atoms with Crippen LogP contribution < -0.4 is 16.0 Å². The second kappa shape index (κ2) is 9.39. The molecule has 2 aliphatic rings. The number of benzene rings is 3. The largest absolute Gasteiger partial charge is 0.441 e. The van der Waals surface area contributed by atoms with Crippen LogP contribution in [0.3, 0.4) is 0 Å². The quantitative estimate of drug-likeness (QED) is 0.549. The molecule has 2 saturated heterocycles. The van der Waals surface area contributed by atoms with Crippen LogP contribution >= 0.6 is 0 Å². The van der Waals surface area contributed by atoms with Gasteiger partial charge in [-0.05, 0) is 29.7 Å². The number of rotatable bonds is 4. The lowest BCUT2D eigenvalue weighted by molar-refractivity contribution is 0.00874. The van der Waals surface area contributed by atoms with E-state index in [4.69, 9.17) is 19.5 Å². The third-order valence-electron chi connectivity index (χ3n) is 5.86. The van der Waals surface area contributed by atoms with E-state index in [1.54, 1.807) is 24.3 Å². The van der Waals surface area contributed by atoms with Crippen LogP contribution in [0.15, 0.2) is 66.7 Å². The van der Waals surface area contributed by atoms with Crippen LogP contribution in [0.1, 0.15) is 5.56 Å². The fourth-order valence-electron chi connectivity index (χ4n) is 4.30. The topological polar surface area (TPSA) is 122 Å². The van der Waals surface area contributed by atoms with Gasteiger partial charge in [-0.15, -0.1) is 0 Å². The van der Waals surface area contributed by atoms with Crippen molar-refractivity contribution in [2.75, 3.05) is 23.8 Å². The lowest BCUT2D eigenvalue weighted by atomic mass is 10.1. The average molecular weight is 458 g/mol. The van der Waals surface area contributed by atoms with Crippen LogP contribution in [-0.2, 0) is 14.2 Å². The zero-order valence-electron chi connectivity index (χ0n) is 18.1. The molecule has 3 N–H and O–H groups in total. The molecule has 0 bridgehead atoms. The molecule has 0 spiro atoms. The van der Waals surface area contributed by atoms with Crippen LogP contribution in [0.4, 0.5) is 21.0 Å². The summed E-state index contributed by atoms with van der Waals surface area (Å²) in [5.41, 5.74) is 1.61. The zero-order valence-corrected chi connectivity index (χ0v) is 18.1. The molecule has 2 heterocycles. The fraction of sp³-hybridized carbons (Fsp3) is 0.240. The first-order valence-electron chi connectivity index (χ1n) is 10.9. The number of fused-ring (bicyclic) bond motifs is 2. The molecule has 5 rings (SSSR count). The van der Waals surface area contributed by atoms with Crippen molar-refractivity contribution in [2.45, 2.75) is 24.4 Å². The second-order valence-electron chi connectivity index (χ2n) is 8.09. The minimum Gasteiger partial charge on any atom is -0.441 e. The number of nitrogens with one attached hydrogen (secondary N) is 3. The molecule has 0 aliphatic carbocycles. The number of amides is 3. The van der Waals surface area contributed by atoms with E-state index < -0.39 is 36.5 Å². The molecule has 4 atom stereocenters. The highest BCUT2D eigenvalue weighted by atomic mass is 16.6. The van der Waals surface area contributed by atoms with Crippen molar-refractivity contribution in [3.63, 3.8) is 0 Å². The highest BCUT2D eigenvalue weighted by Crippen LogP contribution is 2.30. The van der Waals surface area contributed by atoms with Gasteiger partial charge in [0.1, 0.15) is 12.2 Å². The van der Waals surface area contributed by atoms with Crippen LogP contribution in [-0.4, -0.2) is 49.7 Å². The van der Waals surface area contributed by atoms with Gasteiger partial charge in [-0.1, -0.05) is 42.5 Å². The van der Waals surface area contributed by atoms with Gasteiger partial charge in [0.25, 0.3) is 0 Å². The standard InChI is InChI=1S/C25H22N4O5/c26-12-15-5-3-8-17(11-15)27-24(30)28-20-13-32-23-21(14-33-22(20)23)34-25(31)29-19-10-4-7-16-6-1-2-9-18(16)19/h1-11,20-23H,13-14H2,(H,29,31)(H2,27,28,30)/t20-,21+,22+,23+/m0/s1. The molecule has 0 saturated carbocycles. The summed E-state index contributed by atoms with van der Waals surface area (Å²) in [5.74, 6) is 0. The fourth-order valence-corrected chi connectivity index (χ4v) is 4.30. The van der Waals surface area contributed by atoms with Gasteiger partial charge in [0.15, 0.2) is 6.10 Å². The first-order chi connectivity index (χ1) is 16.6. The molecule has 34 heavy (non-hydrogen) atoms. The lowest BCUT2D eigenvalue weighted by Crippen LogP contribution is -2.46. The third-order valence-corrected chi connectivity index (χ3v) is 5.86. The number of hydrogen-bond acceptors (Lipinski definition) is 6. The van der Waals surface area contributed by atoms with Crippen molar-refractivity contribution in [2.24, 2.45) is 0 Å². The molecule has 2 fully saturated rings. The second-order valence-corrected chi connectivity index (χ2v) is 8.09. The summed E-state index contributed by atoms with van der Waals surface area (Å²) in [6.45, 7) is 0.397. The Hall–Kier alpha value is -4.13. The number of carbonyl (C=O) groups excluding carboxylic acids is 2. The Morgan fingerprint density at radius 2 is 1.74 bits per heavy atom. The van der Waals surface area contributed by atoms with Crippen molar-refractivity contribution in [3.05, 3.63) is 72.3 Å². The molecule has 0 radical (unpaired) electrons. The van der Waals surface area contributed by atoms with Gasteiger partial charge >= 0.3 is 12.1 Å². The molecular weight excluding hydrogens is 436 g/mol. The van der Waals surface area contributed by atoms with Gasteiger partial charge in [-0.2, -0.15) is 5.26 Å². The maximum atomic E-state index is 12.6. The van der Waals surface area contributed by atoms with E-state index in [2.05, 4.69) is 16.0 Å². The molecule has 0 aromatic heterocycles. The molecule has 2 aliphatic heterocycles. The van der Waals surface area contributed by atoms with Crippen molar-refractivity contribution in [1.82, 2.24) is 5.32 Å². The number of ether oxygens (including phenoxy) is 3. The Morgan fingerprint density at radius 3 is 2.62 bits per heavy atom. The molecule has 3 amide bonds. The van der Waals surface area contributed by atoms with Crippen LogP contribution in [0, 0.1) is 11.3 Å². The van der Waals surface area contributed by atoms with Crippen LogP contribution in [0.5, 0.6) is 0 Å². The number of anilines is 2. The van der Waals surface area contributed by atoms with Crippen LogP contribution in [0.2, 0.25) is 0 Å².